The number of primary amides is 1. The number of nitrogens with one attached hydrogen (secondary N) is 1. The van der Waals surface area contributed by atoms with E-state index in [2.05, 4.69) is 10.3 Å². The van der Waals surface area contributed by atoms with Crippen LogP contribution in [0.1, 0.15) is 28.4 Å². The number of carbonyl (C=O) groups excluding carboxylic acids is 1. The quantitative estimate of drug-likeness (QED) is 0.466. The van der Waals surface area contributed by atoms with E-state index in [1.54, 1.807) is 24.4 Å². The van der Waals surface area contributed by atoms with Gasteiger partial charge in [-0.3, -0.25) is 9.20 Å². The highest BCUT2D eigenvalue weighted by Gasteiger charge is 2.24. The number of thiazole rings is 1. The largest absolute Gasteiger partial charge is 0.496 e. The summed E-state index contributed by atoms with van der Waals surface area (Å²) in [5, 5.41) is 12.9. The highest BCUT2D eigenvalue weighted by atomic mass is 32.1. The molecule has 0 aliphatic carbocycles. The molecule has 4 aromatic rings. The summed E-state index contributed by atoms with van der Waals surface area (Å²) in [6.07, 6.45) is 1.94. The molecular weight excluding hydrogens is 407 g/mol. The van der Waals surface area contributed by atoms with Crippen molar-refractivity contribution in [3.63, 3.8) is 0 Å². The van der Waals surface area contributed by atoms with Crippen LogP contribution in [0.25, 0.3) is 26.4 Å². The highest BCUT2D eigenvalue weighted by molar-refractivity contribution is 7.23. The molecule has 1 amide bonds. The van der Waals surface area contributed by atoms with Gasteiger partial charge in [0.05, 0.1) is 34.7 Å². The van der Waals surface area contributed by atoms with Crippen molar-refractivity contribution in [1.82, 2.24) is 14.7 Å². The third-order valence-electron chi connectivity index (χ3n) is 5.46. The van der Waals surface area contributed by atoms with Gasteiger partial charge in [0.2, 0.25) is 0 Å². The Morgan fingerprint density at radius 3 is 2.90 bits per heavy atom. The molecule has 4 N–H and O–H groups in total. The van der Waals surface area contributed by atoms with Crippen LogP contribution in [0.3, 0.4) is 0 Å². The second kappa shape index (κ2) is 7.05. The summed E-state index contributed by atoms with van der Waals surface area (Å²) in [6, 6.07) is 8.46. The second-order valence-electron chi connectivity index (χ2n) is 7.35. The zero-order chi connectivity index (χ0) is 21.0. The number of rotatable bonds is 4. The van der Waals surface area contributed by atoms with Crippen molar-refractivity contribution in [2.45, 2.75) is 18.6 Å². The van der Waals surface area contributed by atoms with Gasteiger partial charge in [-0.05, 0) is 30.2 Å². The lowest BCUT2D eigenvalue weighted by Crippen LogP contribution is -2.15. The summed E-state index contributed by atoms with van der Waals surface area (Å²) in [4.78, 5) is 16.9. The summed E-state index contributed by atoms with van der Waals surface area (Å²) in [7, 11) is 1.48. The van der Waals surface area contributed by atoms with Gasteiger partial charge in [0.1, 0.15) is 11.6 Å². The fraction of sp³-hybridized carbons (Fsp3) is 0.238. The number of carbonyl (C=O) groups is 1. The Labute approximate surface area is 174 Å². The Hall–Kier alpha value is -3.01. The number of hydrogen-bond acceptors (Lipinski definition) is 6. The van der Waals surface area contributed by atoms with Crippen LogP contribution in [0.4, 0.5) is 4.39 Å². The predicted molar refractivity (Wildman–Crippen MR) is 112 cm³/mol. The second-order valence-corrected chi connectivity index (χ2v) is 8.36. The first-order valence-corrected chi connectivity index (χ1v) is 10.3. The number of aromatic nitrogens is 2. The first-order valence-electron chi connectivity index (χ1n) is 9.45. The number of nitrogens with zero attached hydrogens (tertiary/aromatic N) is 2. The van der Waals surface area contributed by atoms with Crippen LogP contribution < -0.4 is 15.8 Å². The van der Waals surface area contributed by atoms with Crippen molar-refractivity contribution in [2.24, 2.45) is 5.73 Å². The van der Waals surface area contributed by atoms with Crippen molar-refractivity contribution < 1.29 is 19.0 Å². The number of benzene rings is 2. The maximum Gasteiger partial charge on any atom is 0.252 e. The van der Waals surface area contributed by atoms with Gasteiger partial charge in [0.25, 0.3) is 5.91 Å². The number of hydrogen-bond donors (Lipinski definition) is 3. The molecule has 0 radical (unpaired) electrons. The molecule has 0 spiro atoms. The molecule has 2 aromatic heterocycles. The average molecular weight is 426 g/mol. The van der Waals surface area contributed by atoms with Crippen LogP contribution in [-0.2, 0) is 0 Å². The predicted octanol–water partition coefficient (Wildman–Crippen LogP) is 2.86. The summed E-state index contributed by atoms with van der Waals surface area (Å²) in [6.45, 7) is 0.513. The number of fused-ring (bicyclic) bond motifs is 3. The number of imidazole rings is 1. The number of methoxy groups -OCH3 is 1. The Bertz CT molecular complexity index is 1300. The Kier molecular flexibility index (Phi) is 4.46. The molecule has 9 heteroatoms. The first kappa shape index (κ1) is 19.0. The van der Waals surface area contributed by atoms with Crippen molar-refractivity contribution >= 4 is 32.4 Å². The zero-order valence-corrected chi connectivity index (χ0v) is 16.9. The smallest absolute Gasteiger partial charge is 0.252 e. The SMILES string of the molecule is COc1cc2c(cc1C(N)=O)sc1nc(-c3ccc([C@@H]4C[C@H](O)CN4)cc3F)cn12. The third kappa shape index (κ3) is 3.02. The van der Waals surface area contributed by atoms with Crippen LogP contribution in [0, 0.1) is 5.82 Å². The zero-order valence-electron chi connectivity index (χ0n) is 16.1. The van der Waals surface area contributed by atoms with Crippen molar-refractivity contribution in [3.8, 4) is 17.0 Å². The third-order valence-corrected chi connectivity index (χ3v) is 6.48. The number of ether oxygens (including phenoxy) is 1. The Morgan fingerprint density at radius 2 is 2.23 bits per heavy atom. The molecule has 1 saturated heterocycles. The lowest BCUT2D eigenvalue weighted by Gasteiger charge is -2.11. The van der Waals surface area contributed by atoms with Crippen molar-refractivity contribution in [3.05, 3.63) is 53.5 Å². The van der Waals surface area contributed by atoms with Gasteiger partial charge in [-0.2, -0.15) is 0 Å². The van der Waals surface area contributed by atoms with E-state index in [4.69, 9.17) is 10.5 Å². The van der Waals surface area contributed by atoms with Gasteiger partial charge in [-0.25, -0.2) is 9.37 Å². The lowest BCUT2D eigenvalue weighted by atomic mass is 10.0. The fourth-order valence-corrected chi connectivity index (χ4v) is 4.97. The van der Waals surface area contributed by atoms with Gasteiger partial charge < -0.3 is 20.9 Å². The first-order chi connectivity index (χ1) is 14.4. The molecule has 0 saturated carbocycles. The minimum Gasteiger partial charge on any atom is -0.496 e. The Morgan fingerprint density at radius 1 is 1.40 bits per heavy atom. The minimum absolute atomic E-state index is 0.0510. The highest BCUT2D eigenvalue weighted by Crippen LogP contribution is 2.35. The van der Waals surface area contributed by atoms with Gasteiger partial charge in [0.15, 0.2) is 4.96 Å². The number of aliphatic hydroxyl groups is 1. The van der Waals surface area contributed by atoms with E-state index in [0.717, 1.165) is 15.8 Å². The van der Waals surface area contributed by atoms with E-state index in [1.165, 1.54) is 24.5 Å². The van der Waals surface area contributed by atoms with E-state index in [-0.39, 0.29) is 11.9 Å². The molecule has 7 nitrogen and oxygen atoms in total. The normalized spacial score (nSPS) is 19.0. The van der Waals surface area contributed by atoms with Gasteiger partial charge >= 0.3 is 0 Å². The molecule has 1 aliphatic rings. The van der Waals surface area contributed by atoms with E-state index in [9.17, 15) is 14.3 Å². The van der Waals surface area contributed by atoms with Crippen molar-refractivity contribution in [2.75, 3.05) is 13.7 Å². The van der Waals surface area contributed by atoms with Crippen LogP contribution in [0.15, 0.2) is 36.5 Å². The number of β-amino-alcohol motifs (C(OH)–C–C–N with tert-alkyl or cyclic N) is 1. The number of nitrogens with two attached hydrogens (primary N) is 1. The summed E-state index contributed by atoms with van der Waals surface area (Å²) >= 11 is 1.39. The standard InChI is InChI=1S/C21H19FN4O3S/c1-29-18-7-17-19(6-13(18)20(23)28)30-21-25-16(9-26(17)21)12-3-2-10(4-14(12)22)15-5-11(27)8-24-15/h2-4,6-7,9,11,15,24,27H,5,8H2,1H3,(H2,23,28)/t11-,15-/m0/s1. The van der Waals surface area contributed by atoms with Gasteiger partial charge in [-0.1, -0.05) is 17.4 Å². The monoisotopic (exact) mass is 426 g/mol. The molecule has 0 bridgehead atoms. The van der Waals surface area contributed by atoms with Gasteiger partial charge in [0, 0.05) is 30.4 Å². The average Bonchev–Trinajstić information content (AvgIpc) is 3.41. The molecule has 0 unspecified atom stereocenters. The molecule has 5 rings (SSSR count). The summed E-state index contributed by atoms with van der Waals surface area (Å²) < 4.78 is 22.9. The van der Waals surface area contributed by atoms with Crippen LogP contribution in [0.2, 0.25) is 0 Å². The summed E-state index contributed by atoms with van der Waals surface area (Å²) in [5.74, 6) is -0.544. The topological polar surface area (TPSA) is 102 Å². The number of amides is 1. The Balaban J connectivity index is 1.56. The number of halogens is 1. The van der Waals surface area contributed by atoms with Crippen LogP contribution in [0.5, 0.6) is 5.75 Å². The molecule has 1 fully saturated rings. The van der Waals surface area contributed by atoms with E-state index in [0.29, 0.717) is 40.5 Å². The molecule has 154 valence electrons. The maximum absolute atomic E-state index is 14.9. The van der Waals surface area contributed by atoms with Crippen molar-refractivity contribution in [1.29, 1.82) is 0 Å². The molecule has 1 aliphatic heterocycles. The van der Waals surface area contributed by atoms with E-state index in [1.807, 2.05) is 10.5 Å². The maximum atomic E-state index is 14.9. The van der Waals surface area contributed by atoms with Gasteiger partial charge in [-0.15, -0.1) is 0 Å². The molecule has 2 atom stereocenters. The van der Waals surface area contributed by atoms with E-state index < -0.39 is 12.0 Å². The minimum atomic E-state index is -0.563. The molecular formula is C21H19FN4O3S. The van der Waals surface area contributed by atoms with Crippen LogP contribution >= 0.6 is 11.3 Å². The fourth-order valence-electron chi connectivity index (χ4n) is 3.94. The molecule has 30 heavy (non-hydrogen) atoms. The van der Waals surface area contributed by atoms with E-state index >= 15 is 0 Å². The lowest BCUT2D eigenvalue weighted by molar-refractivity contribution is 0.0997. The summed E-state index contributed by atoms with van der Waals surface area (Å²) in [5.41, 5.74) is 8.28. The molecule has 3 heterocycles. The number of aliphatic hydroxyl groups excluding tert-OH is 1. The van der Waals surface area contributed by atoms with Crippen LogP contribution in [-0.4, -0.2) is 40.2 Å². The molecule has 2 aromatic carbocycles.